The molecule has 0 aliphatic rings. The summed E-state index contributed by atoms with van der Waals surface area (Å²) in [7, 11) is 0. The molecule has 1 N–H and O–H groups in total. The van der Waals surface area contributed by atoms with E-state index in [0.29, 0.717) is 0 Å². The molecule has 0 fully saturated rings. The lowest BCUT2D eigenvalue weighted by Crippen LogP contribution is -1.84. The molecule has 1 aromatic rings. The van der Waals surface area contributed by atoms with Crippen LogP contribution in [0.4, 0.5) is 0 Å². The Balaban J connectivity index is -0.000000425. The van der Waals surface area contributed by atoms with E-state index in [1.807, 2.05) is 85.7 Å². The molecule has 116 valence electrons. The van der Waals surface area contributed by atoms with E-state index in [1.54, 1.807) is 0 Å². The van der Waals surface area contributed by atoms with Gasteiger partial charge in [-0.1, -0.05) is 84.0 Å². The van der Waals surface area contributed by atoms with Crippen LogP contribution in [0, 0.1) is 0 Å². The van der Waals surface area contributed by atoms with Gasteiger partial charge in [0.25, 0.3) is 0 Å². The molecular formula is C19H34O. The average Bonchev–Trinajstić information content (AvgIpc) is 2.58. The Morgan fingerprint density at radius 1 is 0.900 bits per heavy atom. The van der Waals surface area contributed by atoms with E-state index in [-0.39, 0.29) is 6.61 Å². The molecule has 1 heteroatoms. The summed E-state index contributed by atoms with van der Waals surface area (Å²) in [6.07, 6.45) is 6.18. The molecule has 0 atom stereocenters. The number of hydrogen-bond donors (Lipinski definition) is 1. The molecule has 0 radical (unpaired) electrons. The Labute approximate surface area is 127 Å². The van der Waals surface area contributed by atoms with Gasteiger partial charge in [-0.2, -0.15) is 0 Å². The third-order valence-corrected chi connectivity index (χ3v) is 2.13. The Morgan fingerprint density at radius 2 is 1.35 bits per heavy atom. The van der Waals surface area contributed by atoms with Gasteiger partial charge in [-0.25, -0.2) is 0 Å². The predicted octanol–water partition coefficient (Wildman–Crippen LogP) is 6.24. The first-order valence-electron chi connectivity index (χ1n) is 7.81. The smallest absolute Gasteiger partial charge is 0.0681 e. The van der Waals surface area contributed by atoms with Crippen LogP contribution in [0.5, 0.6) is 0 Å². The maximum atomic E-state index is 8.90. The summed E-state index contributed by atoms with van der Waals surface area (Å²) in [5, 5.41) is 8.90. The van der Waals surface area contributed by atoms with Crippen molar-refractivity contribution in [2.24, 2.45) is 0 Å². The van der Waals surface area contributed by atoms with Crippen LogP contribution < -0.4 is 0 Å². The number of hydrogen-bond acceptors (Lipinski definition) is 1. The van der Waals surface area contributed by atoms with E-state index in [9.17, 15) is 0 Å². The second-order valence-electron chi connectivity index (χ2n) is 3.10. The van der Waals surface area contributed by atoms with Crippen molar-refractivity contribution < 1.29 is 5.11 Å². The van der Waals surface area contributed by atoms with Gasteiger partial charge in [0.05, 0.1) is 6.61 Å². The van der Waals surface area contributed by atoms with Crippen LogP contribution in [-0.2, 0) is 6.61 Å². The minimum Gasteiger partial charge on any atom is -0.392 e. The Morgan fingerprint density at radius 3 is 1.65 bits per heavy atom. The molecule has 0 spiro atoms. The van der Waals surface area contributed by atoms with Crippen molar-refractivity contribution in [3.63, 3.8) is 0 Å². The van der Waals surface area contributed by atoms with Crippen LogP contribution in [0.2, 0.25) is 0 Å². The summed E-state index contributed by atoms with van der Waals surface area (Å²) < 4.78 is 0. The number of allylic oxidation sites excluding steroid dienone is 4. The molecule has 0 bridgehead atoms. The van der Waals surface area contributed by atoms with Crippen LogP contribution in [0.1, 0.15) is 66.5 Å². The molecular weight excluding hydrogens is 244 g/mol. The predicted molar refractivity (Wildman–Crippen MR) is 94.9 cm³/mol. The van der Waals surface area contributed by atoms with Crippen LogP contribution in [-0.4, -0.2) is 5.11 Å². The zero-order valence-corrected chi connectivity index (χ0v) is 14.7. The lowest BCUT2D eigenvalue weighted by molar-refractivity contribution is 0.282. The molecule has 0 saturated carbocycles. The van der Waals surface area contributed by atoms with E-state index >= 15 is 0 Å². The molecule has 0 heterocycles. The highest BCUT2D eigenvalue weighted by Crippen LogP contribution is 2.16. The van der Waals surface area contributed by atoms with E-state index in [2.05, 4.69) is 12.2 Å². The minimum atomic E-state index is 0.106. The fourth-order valence-electron chi connectivity index (χ4n) is 1.34. The first-order chi connectivity index (χ1) is 9.81. The molecule has 0 amide bonds. The van der Waals surface area contributed by atoms with Crippen molar-refractivity contribution in [3.05, 3.63) is 53.6 Å². The number of benzene rings is 1. The zero-order chi connectivity index (χ0) is 16.4. The van der Waals surface area contributed by atoms with Gasteiger partial charge in [0.2, 0.25) is 0 Å². The monoisotopic (exact) mass is 278 g/mol. The summed E-state index contributed by atoms with van der Waals surface area (Å²) in [5.41, 5.74) is 3.34. The Kier molecular flexibility index (Phi) is 23.7. The third-order valence-electron chi connectivity index (χ3n) is 2.13. The average molecular weight is 278 g/mol. The largest absolute Gasteiger partial charge is 0.392 e. The van der Waals surface area contributed by atoms with Crippen LogP contribution in [0.25, 0.3) is 5.57 Å². The number of aliphatic hydroxyl groups excluding tert-OH is 1. The SMILES string of the molecule is C/C=C\C(=C/C)c1ccc(CO)cc1.CC.CC.CC. The first-order valence-corrected chi connectivity index (χ1v) is 7.81. The van der Waals surface area contributed by atoms with Gasteiger partial charge in [-0.15, -0.1) is 0 Å². The van der Waals surface area contributed by atoms with Crippen molar-refractivity contribution in [3.8, 4) is 0 Å². The van der Waals surface area contributed by atoms with E-state index in [4.69, 9.17) is 5.11 Å². The van der Waals surface area contributed by atoms with Gasteiger partial charge in [0.15, 0.2) is 0 Å². The highest BCUT2D eigenvalue weighted by Gasteiger charge is 1.96. The quantitative estimate of drug-likeness (QED) is 0.649. The normalized spacial score (nSPS) is 9.55. The van der Waals surface area contributed by atoms with Crippen LogP contribution in [0.3, 0.4) is 0 Å². The van der Waals surface area contributed by atoms with E-state index in [1.165, 1.54) is 11.1 Å². The molecule has 0 aromatic heterocycles. The maximum Gasteiger partial charge on any atom is 0.0681 e. The molecule has 1 nitrogen and oxygen atoms in total. The van der Waals surface area contributed by atoms with Gasteiger partial charge >= 0.3 is 0 Å². The number of rotatable bonds is 3. The van der Waals surface area contributed by atoms with Crippen LogP contribution in [0.15, 0.2) is 42.5 Å². The van der Waals surface area contributed by atoms with Crippen molar-refractivity contribution in [2.45, 2.75) is 62.0 Å². The fourth-order valence-corrected chi connectivity index (χ4v) is 1.34. The standard InChI is InChI=1S/C13H16O.3C2H6/c1-3-5-12(4-2)13-8-6-11(10-14)7-9-13;3*1-2/h3-9,14H,10H2,1-2H3;3*1-2H3/b5-3-,12-4+;;;. The highest BCUT2D eigenvalue weighted by atomic mass is 16.3. The molecule has 0 saturated heterocycles. The van der Waals surface area contributed by atoms with Crippen molar-refractivity contribution in [1.29, 1.82) is 0 Å². The van der Waals surface area contributed by atoms with Gasteiger partial charge in [0.1, 0.15) is 0 Å². The highest BCUT2D eigenvalue weighted by molar-refractivity contribution is 5.73. The summed E-state index contributed by atoms with van der Waals surface area (Å²) in [6, 6.07) is 7.95. The van der Waals surface area contributed by atoms with E-state index < -0.39 is 0 Å². The number of aliphatic hydroxyl groups is 1. The summed E-state index contributed by atoms with van der Waals surface area (Å²) in [4.78, 5) is 0. The second-order valence-corrected chi connectivity index (χ2v) is 3.10. The molecule has 1 rings (SSSR count). The van der Waals surface area contributed by atoms with Gasteiger partial charge < -0.3 is 5.11 Å². The van der Waals surface area contributed by atoms with Gasteiger partial charge in [0, 0.05) is 0 Å². The lowest BCUT2D eigenvalue weighted by Gasteiger charge is -2.02. The summed E-state index contributed by atoms with van der Waals surface area (Å²) in [5.74, 6) is 0. The third kappa shape index (κ3) is 10.6. The lowest BCUT2D eigenvalue weighted by atomic mass is 10.0. The molecule has 1 aromatic carbocycles. The van der Waals surface area contributed by atoms with Gasteiger partial charge in [-0.3, -0.25) is 0 Å². The first kappa shape index (κ1) is 23.7. The maximum absolute atomic E-state index is 8.90. The van der Waals surface area contributed by atoms with Crippen molar-refractivity contribution in [2.75, 3.05) is 0 Å². The molecule has 0 unspecified atom stereocenters. The molecule has 0 aliphatic heterocycles. The Bertz CT molecular complexity index is 331. The summed E-state index contributed by atoms with van der Waals surface area (Å²) in [6.45, 7) is 16.1. The van der Waals surface area contributed by atoms with Crippen molar-refractivity contribution >= 4 is 5.57 Å². The second kappa shape index (κ2) is 20.0. The Hall–Kier alpha value is -1.34. The van der Waals surface area contributed by atoms with E-state index in [0.717, 1.165) is 5.56 Å². The zero-order valence-electron chi connectivity index (χ0n) is 14.7. The fraction of sp³-hybridized carbons (Fsp3) is 0.474. The minimum absolute atomic E-state index is 0.106. The summed E-state index contributed by atoms with van der Waals surface area (Å²) >= 11 is 0. The topological polar surface area (TPSA) is 20.2 Å². The molecule has 20 heavy (non-hydrogen) atoms. The van der Waals surface area contributed by atoms with Gasteiger partial charge in [-0.05, 0) is 30.5 Å². The molecule has 0 aliphatic carbocycles. The van der Waals surface area contributed by atoms with Crippen LogP contribution >= 0.6 is 0 Å². The van der Waals surface area contributed by atoms with Crippen molar-refractivity contribution in [1.82, 2.24) is 0 Å².